The Bertz CT molecular complexity index is 1080. The number of carbonyl (C=O) groups excluding carboxylic acids is 1. The van der Waals surface area contributed by atoms with Crippen molar-refractivity contribution in [1.29, 1.82) is 0 Å². The molecule has 0 spiro atoms. The van der Waals surface area contributed by atoms with Gasteiger partial charge in [-0.3, -0.25) is 9.69 Å². The van der Waals surface area contributed by atoms with Crippen molar-refractivity contribution in [2.75, 3.05) is 47.1 Å². The van der Waals surface area contributed by atoms with Gasteiger partial charge >= 0.3 is 0 Å². The van der Waals surface area contributed by atoms with E-state index in [-0.39, 0.29) is 23.5 Å². The number of rotatable bonds is 8. The van der Waals surface area contributed by atoms with E-state index in [1.54, 1.807) is 50.6 Å². The van der Waals surface area contributed by atoms with Gasteiger partial charge in [0.2, 0.25) is 0 Å². The molecule has 1 fully saturated rings. The molecular formula is C24H26FN3O5. The van der Waals surface area contributed by atoms with Crippen LogP contribution in [0.3, 0.4) is 0 Å². The number of amides is 1. The van der Waals surface area contributed by atoms with E-state index in [2.05, 4.69) is 15.4 Å². The summed E-state index contributed by atoms with van der Waals surface area (Å²) >= 11 is 0. The van der Waals surface area contributed by atoms with Crippen molar-refractivity contribution in [3.05, 3.63) is 65.6 Å². The summed E-state index contributed by atoms with van der Waals surface area (Å²) in [6, 6.07) is 13.1. The van der Waals surface area contributed by atoms with Crippen LogP contribution < -0.4 is 14.8 Å². The van der Waals surface area contributed by atoms with E-state index in [1.165, 1.54) is 12.1 Å². The number of hydrogen-bond acceptors (Lipinski definition) is 7. The molecule has 0 aliphatic carbocycles. The Morgan fingerprint density at radius 2 is 1.88 bits per heavy atom. The number of hydrogen-bond donors (Lipinski definition) is 1. The normalized spacial score (nSPS) is 15.1. The predicted molar refractivity (Wildman–Crippen MR) is 119 cm³/mol. The summed E-state index contributed by atoms with van der Waals surface area (Å²) in [7, 11) is 3.12. The lowest BCUT2D eigenvalue weighted by molar-refractivity contribution is 0.0162. The third-order valence-electron chi connectivity index (χ3n) is 5.61. The Labute approximate surface area is 191 Å². The average molecular weight is 455 g/mol. The molecule has 1 N–H and O–H groups in total. The van der Waals surface area contributed by atoms with Crippen LogP contribution in [0.4, 0.5) is 4.39 Å². The predicted octanol–water partition coefficient (Wildman–Crippen LogP) is 3.30. The number of nitrogens with one attached hydrogen (secondary N) is 1. The summed E-state index contributed by atoms with van der Waals surface area (Å²) in [6.45, 7) is 3.00. The molecular weight excluding hydrogens is 429 g/mol. The first-order valence-corrected chi connectivity index (χ1v) is 10.6. The minimum Gasteiger partial charge on any atom is -0.497 e. The third kappa shape index (κ3) is 5.32. The fraction of sp³-hybridized carbons (Fsp3) is 0.333. The Balaban J connectivity index is 1.49. The molecule has 1 unspecified atom stereocenters. The van der Waals surface area contributed by atoms with Crippen molar-refractivity contribution in [3.8, 4) is 22.8 Å². The molecule has 0 bridgehead atoms. The van der Waals surface area contributed by atoms with Crippen LogP contribution in [0.2, 0.25) is 0 Å². The summed E-state index contributed by atoms with van der Waals surface area (Å²) in [6.07, 6.45) is 0. The number of methoxy groups -OCH3 is 2. The zero-order chi connectivity index (χ0) is 23.2. The van der Waals surface area contributed by atoms with E-state index in [0.717, 1.165) is 18.7 Å². The van der Waals surface area contributed by atoms with Gasteiger partial charge in [0.05, 0.1) is 39.0 Å². The Hall–Kier alpha value is -3.43. The Morgan fingerprint density at radius 1 is 1.12 bits per heavy atom. The lowest BCUT2D eigenvalue weighted by atomic mass is 10.0. The molecule has 1 atom stereocenters. The summed E-state index contributed by atoms with van der Waals surface area (Å²) in [4.78, 5) is 15.1. The van der Waals surface area contributed by atoms with Crippen LogP contribution in [-0.2, 0) is 4.74 Å². The number of benzene rings is 2. The van der Waals surface area contributed by atoms with Crippen LogP contribution in [0.15, 0.2) is 53.1 Å². The lowest BCUT2D eigenvalue weighted by Crippen LogP contribution is -2.43. The van der Waals surface area contributed by atoms with Gasteiger partial charge < -0.3 is 24.1 Å². The van der Waals surface area contributed by atoms with E-state index in [4.69, 9.17) is 18.7 Å². The van der Waals surface area contributed by atoms with Crippen molar-refractivity contribution in [2.24, 2.45) is 0 Å². The molecule has 2 aromatic carbocycles. The highest BCUT2D eigenvalue weighted by Crippen LogP contribution is 2.33. The Kier molecular flexibility index (Phi) is 7.21. The molecule has 0 saturated carbocycles. The first-order valence-electron chi connectivity index (χ1n) is 10.6. The summed E-state index contributed by atoms with van der Waals surface area (Å²) in [5.41, 5.74) is 1.69. The maximum absolute atomic E-state index is 13.4. The average Bonchev–Trinajstić information content (AvgIpc) is 3.36. The molecule has 1 aliphatic rings. The molecule has 2 heterocycles. The molecule has 0 radical (unpaired) electrons. The summed E-state index contributed by atoms with van der Waals surface area (Å²) in [5, 5.41) is 6.86. The molecule has 8 nitrogen and oxygen atoms in total. The van der Waals surface area contributed by atoms with Gasteiger partial charge in [-0.1, -0.05) is 17.3 Å². The van der Waals surface area contributed by atoms with Crippen LogP contribution in [0.5, 0.6) is 11.5 Å². The zero-order valence-corrected chi connectivity index (χ0v) is 18.5. The van der Waals surface area contributed by atoms with Crippen LogP contribution in [0.25, 0.3) is 11.3 Å². The first-order chi connectivity index (χ1) is 16.1. The molecule has 1 saturated heterocycles. The molecule has 1 amide bonds. The second kappa shape index (κ2) is 10.5. The molecule has 9 heteroatoms. The van der Waals surface area contributed by atoms with Crippen LogP contribution in [-0.4, -0.2) is 63.0 Å². The maximum Gasteiger partial charge on any atom is 0.273 e. The van der Waals surface area contributed by atoms with Gasteiger partial charge in [-0.2, -0.15) is 0 Å². The van der Waals surface area contributed by atoms with Crippen molar-refractivity contribution < 1.29 is 27.9 Å². The second-order valence-corrected chi connectivity index (χ2v) is 7.57. The Morgan fingerprint density at radius 3 is 2.58 bits per heavy atom. The van der Waals surface area contributed by atoms with Crippen molar-refractivity contribution in [2.45, 2.75) is 6.04 Å². The second-order valence-electron chi connectivity index (χ2n) is 7.57. The van der Waals surface area contributed by atoms with Gasteiger partial charge in [-0.15, -0.1) is 0 Å². The highest BCUT2D eigenvalue weighted by Gasteiger charge is 2.24. The quantitative estimate of drug-likeness (QED) is 0.558. The molecule has 33 heavy (non-hydrogen) atoms. The van der Waals surface area contributed by atoms with Crippen LogP contribution in [0.1, 0.15) is 22.1 Å². The maximum atomic E-state index is 13.4. The zero-order valence-electron chi connectivity index (χ0n) is 18.5. The van der Waals surface area contributed by atoms with Gasteiger partial charge in [0.25, 0.3) is 5.91 Å². The molecule has 4 rings (SSSR count). The van der Waals surface area contributed by atoms with Crippen molar-refractivity contribution in [3.63, 3.8) is 0 Å². The number of morpholine rings is 1. The molecule has 174 valence electrons. The van der Waals surface area contributed by atoms with Gasteiger partial charge in [-0.25, -0.2) is 4.39 Å². The van der Waals surface area contributed by atoms with E-state index in [0.29, 0.717) is 42.6 Å². The van der Waals surface area contributed by atoms with Gasteiger partial charge in [0.1, 0.15) is 17.3 Å². The minimum absolute atomic E-state index is 0.122. The van der Waals surface area contributed by atoms with E-state index >= 15 is 0 Å². The van der Waals surface area contributed by atoms with Gasteiger partial charge in [-0.05, 0) is 35.9 Å². The fourth-order valence-electron chi connectivity index (χ4n) is 3.83. The third-order valence-corrected chi connectivity index (χ3v) is 5.61. The smallest absolute Gasteiger partial charge is 0.273 e. The van der Waals surface area contributed by atoms with E-state index in [9.17, 15) is 9.18 Å². The highest BCUT2D eigenvalue weighted by atomic mass is 19.1. The van der Waals surface area contributed by atoms with Crippen molar-refractivity contribution >= 4 is 5.91 Å². The summed E-state index contributed by atoms with van der Waals surface area (Å²) in [5.74, 6) is 0.918. The monoisotopic (exact) mass is 455 g/mol. The minimum atomic E-state index is -0.368. The van der Waals surface area contributed by atoms with Gasteiger partial charge in [0, 0.05) is 25.7 Å². The van der Waals surface area contributed by atoms with Crippen LogP contribution >= 0.6 is 0 Å². The lowest BCUT2D eigenvalue weighted by Gasteiger charge is -2.34. The number of nitrogens with zero attached hydrogens (tertiary/aromatic N) is 2. The number of aromatic nitrogens is 1. The topological polar surface area (TPSA) is 86.1 Å². The van der Waals surface area contributed by atoms with Gasteiger partial charge in [0.15, 0.2) is 11.5 Å². The standard InChI is InChI=1S/C24H26FN3O5/c1-30-18-7-8-22(31-2)19(13-18)23-14-20(27-33-23)24(29)26-15-21(28-9-11-32-12-10-28)16-3-5-17(25)6-4-16/h3-8,13-14,21H,9-12,15H2,1-2H3,(H,26,29). The summed E-state index contributed by atoms with van der Waals surface area (Å²) < 4.78 is 35.0. The largest absolute Gasteiger partial charge is 0.497 e. The number of halogens is 1. The number of carbonyl (C=O) groups is 1. The van der Waals surface area contributed by atoms with E-state index in [1.807, 2.05) is 0 Å². The van der Waals surface area contributed by atoms with Crippen LogP contribution in [0, 0.1) is 5.82 Å². The number of ether oxygens (including phenoxy) is 3. The molecule has 1 aliphatic heterocycles. The highest BCUT2D eigenvalue weighted by molar-refractivity contribution is 5.93. The SMILES string of the molecule is COc1ccc(OC)c(-c2cc(C(=O)NCC(c3ccc(F)cc3)N3CCOCC3)no2)c1. The first kappa shape index (κ1) is 22.8. The van der Waals surface area contributed by atoms with E-state index < -0.39 is 0 Å². The van der Waals surface area contributed by atoms with Crippen molar-refractivity contribution in [1.82, 2.24) is 15.4 Å². The molecule has 3 aromatic rings. The molecule has 1 aromatic heterocycles. The fourth-order valence-corrected chi connectivity index (χ4v) is 3.83.